The summed E-state index contributed by atoms with van der Waals surface area (Å²) in [6.45, 7) is 1.10. The summed E-state index contributed by atoms with van der Waals surface area (Å²) in [5.74, 6) is 0. The fraction of sp³-hybridized carbons (Fsp3) is 1.00. The molecule has 0 heterocycles. The van der Waals surface area contributed by atoms with E-state index in [1.54, 1.807) is 0 Å². The van der Waals surface area contributed by atoms with E-state index < -0.39 is 13.5 Å². The van der Waals surface area contributed by atoms with Crippen molar-refractivity contribution in [3.05, 3.63) is 0 Å². The molecule has 7 heteroatoms. The van der Waals surface area contributed by atoms with E-state index in [0.717, 1.165) is 6.92 Å². The molecule has 3 nitrogen and oxygen atoms in total. The minimum Gasteiger partial charge on any atom is -0.746 e. The van der Waals surface area contributed by atoms with E-state index in [9.17, 15) is 13.0 Å². The first-order valence-corrected chi connectivity index (χ1v) is 3.95. The van der Waals surface area contributed by atoms with Crippen LogP contribution in [0.3, 0.4) is 0 Å². The van der Waals surface area contributed by atoms with E-state index in [1.165, 1.54) is 0 Å². The van der Waals surface area contributed by atoms with Crippen LogP contribution in [-0.4, -0.2) is 16.4 Å². The monoisotopic (exact) mass is 196 g/mol. The summed E-state index contributed by atoms with van der Waals surface area (Å²) >= 11 is 6.80. The summed E-state index contributed by atoms with van der Waals surface area (Å²) in [6.07, 6.45) is 0. The zero-order chi connectivity index (χ0) is 7.00. The molecule has 0 atom stereocenters. The quantitative estimate of drug-likeness (QED) is 0.204. The Morgan fingerprint density at radius 1 is 1.44 bits per heavy atom. The van der Waals surface area contributed by atoms with Crippen molar-refractivity contribution in [3.8, 4) is 0 Å². The van der Waals surface area contributed by atoms with Gasteiger partial charge in [0.2, 0.25) is 0 Å². The van der Waals surface area contributed by atoms with Gasteiger partial charge in [0.15, 0.2) is 0 Å². The molecule has 9 heavy (non-hydrogen) atoms. The van der Waals surface area contributed by atoms with Crippen LogP contribution in [0, 0.1) is 0 Å². The van der Waals surface area contributed by atoms with Crippen molar-refractivity contribution in [2.45, 2.75) is 10.3 Å². The zero-order valence-corrected chi connectivity index (χ0v) is 9.63. The number of hydrogen-bond acceptors (Lipinski definition) is 5. The Labute approximate surface area is 87.5 Å². The molecule has 50 valence electrons. The second-order valence-electron chi connectivity index (χ2n) is 1.39. The molecule has 0 aliphatic heterocycles. The van der Waals surface area contributed by atoms with Crippen molar-refractivity contribution in [1.82, 2.24) is 0 Å². The van der Waals surface area contributed by atoms with Crippen molar-refractivity contribution in [1.29, 1.82) is 0 Å². The molecule has 0 aliphatic carbocycles. The number of hydrogen-bond donors (Lipinski definition) is 2. The van der Waals surface area contributed by atoms with Gasteiger partial charge in [-0.1, -0.05) is 0 Å². The Kier molecular flexibility index (Phi) is 5.65. The number of thiol groups is 2. The molecule has 0 radical (unpaired) electrons. The summed E-state index contributed by atoms with van der Waals surface area (Å²) in [5.41, 5.74) is 0. The van der Waals surface area contributed by atoms with Gasteiger partial charge in [-0.25, -0.2) is 8.42 Å². The molecule has 0 fully saturated rings. The van der Waals surface area contributed by atoms with Gasteiger partial charge < -0.3 is 4.55 Å². The molecule has 0 spiro atoms. The van der Waals surface area contributed by atoms with Crippen molar-refractivity contribution in [3.63, 3.8) is 0 Å². The first-order valence-electron chi connectivity index (χ1n) is 1.65. The van der Waals surface area contributed by atoms with Crippen LogP contribution < -0.4 is 29.6 Å². The second-order valence-corrected chi connectivity index (χ2v) is 5.86. The van der Waals surface area contributed by atoms with Gasteiger partial charge in [-0.3, -0.25) is 0 Å². The number of rotatable bonds is 1. The van der Waals surface area contributed by atoms with E-state index in [2.05, 4.69) is 25.3 Å². The summed E-state index contributed by atoms with van der Waals surface area (Å²) < 4.78 is 28.1. The minimum atomic E-state index is -4.36. The van der Waals surface area contributed by atoms with E-state index in [1.807, 2.05) is 0 Å². The summed E-state index contributed by atoms with van der Waals surface area (Å²) in [5, 5.41) is 0. The molecule has 0 amide bonds. The first-order chi connectivity index (χ1) is 3.25. The van der Waals surface area contributed by atoms with Crippen molar-refractivity contribution >= 4 is 35.4 Å². The fourth-order valence-electron chi connectivity index (χ4n) is 0. The molecule has 0 unspecified atom stereocenters. The van der Waals surface area contributed by atoms with Gasteiger partial charge in [-0.05, 0) is 6.92 Å². The first kappa shape index (κ1) is 13.2. The Morgan fingerprint density at radius 2 is 1.56 bits per heavy atom. The van der Waals surface area contributed by atoms with E-state index in [0.29, 0.717) is 0 Å². The predicted molar refractivity (Wildman–Crippen MR) is 36.1 cm³/mol. The van der Waals surface area contributed by atoms with Crippen molar-refractivity contribution < 1.29 is 42.5 Å². The molecular weight excluding hydrogens is 191 g/mol. The summed E-state index contributed by atoms with van der Waals surface area (Å²) in [4.78, 5) is 0. The van der Waals surface area contributed by atoms with Crippen LogP contribution in [0.2, 0.25) is 0 Å². The van der Waals surface area contributed by atoms with E-state index in [-0.39, 0.29) is 29.6 Å². The average Bonchev–Trinajstić information content (AvgIpc) is 1.25. The van der Waals surface area contributed by atoms with Crippen molar-refractivity contribution in [2.75, 3.05) is 0 Å². The van der Waals surface area contributed by atoms with Gasteiger partial charge in [0.1, 0.15) is 13.5 Å². The smallest absolute Gasteiger partial charge is 0.746 e. The van der Waals surface area contributed by atoms with Crippen LogP contribution in [0.25, 0.3) is 0 Å². The minimum absolute atomic E-state index is 0. The van der Waals surface area contributed by atoms with Crippen LogP contribution in [-0.2, 0) is 10.1 Å². The molecule has 0 aromatic carbocycles. The SMILES string of the molecule is CC(S)(S)S(=O)(=O)[O-].[Na+]. The van der Waals surface area contributed by atoms with Crippen molar-refractivity contribution in [2.24, 2.45) is 0 Å². The van der Waals surface area contributed by atoms with Crippen LogP contribution in [0.15, 0.2) is 0 Å². The van der Waals surface area contributed by atoms with Gasteiger partial charge >= 0.3 is 29.6 Å². The largest absolute Gasteiger partial charge is 1.00 e. The molecule has 0 saturated carbocycles. The standard InChI is InChI=1S/C2H6O3S3.Na/c1-2(6,7)8(3,4)5;/h6-7H,1H3,(H,3,4,5);/q;+1/p-1. The predicted octanol–water partition coefficient (Wildman–Crippen LogP) is -2.93. The molecule has 0 N–H and O–H groups in total. The van der Waals surface area contributed by atoms with E-state index >= 15 is 0 Å². The topological polar surface area (TPSA) is 57.2 Å². The fourth-order valence-corrected chi connectivity index (χ4v) is 0. The van der Waals surface area contributed by atoms with Gasteiger partial charge in [-0.15, -0.1) is 25.3 Å². The van der Waals surface area contributed by atoms with Crippen LogP contribution in [0.4, 0.5) is 0 Å². The maximum Gasteiger partial charge on any atom is 1.00 e. The molecule has 0 rings (SSSR count). The van der Waals surface area contributed by atoms with Gasteiger partial charge in [-0.2, -0.15) is 0 Å². The molecule has 0 bridgehead atoms. The summed E-state index contributed by atoms with van der Waals surface area (Å²) in [7, 11) is -4.36. The van der Waals surface area contributed by atoms with E-state index in [4.69, 9.17) is 0 Å². The second kappa shape index (κ2) is 3.85. The normalized spacial score (nSPS) is 12.4. The third-order valence-electron chi connectivity index (χ3n) is 0.474. The third-order valence-corrected chi connectivity index (χ3v) is 2.76. The Hall–Kier alpha value is 1.61. The van der Waals surface area contributed by atoms with Gasteiger partial charge in [0.25, 0.3) is 0 Å². The Balaban J connectivity index is 0. The Morgan fingerprint density at radius 3 is 1.56 bits per heavy atom. The molecule has 0 saturated heterocycles. The molecule has 0 aromatic rings. The average molecular weight is 196 g/mol. The summed E-state index contributed by atoms with van der Waals surface area (Å²) in [6, 6.07) is 0. The van der Waals surface area contributed by atoms with Gasteiger partial charge in [0, 0.05) is 0 Å². The van der Waals surface area contributed by atoms with Crippen LogP contribution in [0.1, 0.15) is 6.92 Å². The zero-order valence-electron chi connectivity index (χ0n) is 5.03. The van der Waals surface area contributed by atoms with Crippen LogP contribution in [0.5, 0.6) is 0 Å². The van der Waals surface area contributed by atoms with Crippen LogP contribution >= 0.6 is 25.3 Å². The van der Waals surface area contributed by atoms with Gasteiger partial charge in [0.05, 0.1) is 0 Å². The molecule has 0 aromatic heterocycles. The molecular formula is C2H5NaO3S3. The maximum absolute atomic E-state index is 9.94. The third kappa shape index (κ3) is 4.94. The Bertz CT molecular complexity index is 166. The maximum atomic E-state index is 9.94. The molecule has 0 aliphatic rings.